The van der Waals surface area contributed by atoms with E-state index in [0.717, 1.165) is 23.8 Å². The number of hydrogen-bond acceptors (Lipinski definition) is 3. The Morgan fingerprint density at radius 1 is 1.05 bits per heavy atom. The molecule has 0 saturated carbocycles. The first-order valence-electron chi connectivity index (χ1n) is 6.56. The van der Waals surface area contributed by atoms with Crippen molar-refractivity contribution < 1.29 is 22.3 Å². The summed E-state index contributed by atoms with van der Waals surface area (Å²) in [6, 6.07) is 11.9. The van der Waals surface area contributed by atoms with Crippen molar-refractivity contribution >= 4 is 10.0 Å². The zero-order valence-corrected chi connectivity index (χ0v) is 12.4. The Morgan fingerprint density at radius 3 is 2.41 bits per heavy atom. The van der Waals surface area contributed by atoms with Crippen LogP contribution < -0.4 is 4.72 Å². The van der Waals surface area contributed by atoms with Crippen LogP contribution in [0.2, 0.25) is 0 Å². The fourth-order valence-electron chi connectivity index (χ4n) is 1.93. The Labute approximate surface area is 127 Å². The molecule has 0 aliphatic carbocycles. The Bertz CT molecular complexity index is 736. The smallest absolute Gasteiger partial charge is 0.243 e. The van der Waals surface area contributed by atoms with E-state index in [0.29, 0.717) is 0 Å². The van der Waals surface area contributed by atoms with Gasteiger partial charge < -0.3 is 5.11 Å². The maximum atomic E-state index is 13.5. The molecule has 0 saturated heterocycles. The third-order valence-corrected chi connectivity index (χ3v) is 4.47. The van der Waals surface area contributed by atoms with E-state index in [1.165, 1.54) is 0 Å². The second-order valence-electron chi connectivity index (χ2n) is 4.75. The van der Waals surface area contributed by atoms with Gasteiger partial charge >= 0.3 is 0 Å². The van der Waals surface area contributed by atoms with Crippen LogP contribution in [0.5, 0.6) is 0 Å². The van der Waals surface area contributed by atoms with Crippen molar-refractivity contribution in [2.45, 2.75) is 17.4 Å². The molecule has 0 bridgehead atoms. The molecule has 1 unspecified atom stereocenters. The molecular formula is C15H15F2NO3S. The zero-order valence-electron chi connectivity index (χ0n) is 11.5. The first-order chi connectivity index (χ1) is 10.4. The van der Waals surface area contributed by atoms with E-state index in [4.69, 9.17) is 0 Å². The van der Waals surface area contributed by atoms with Gasteiger partial charge in [0.1, 0.15) is 4.90 Å². The summed E-state index contributed by atoms with van der Waals surface area (Å²) in [5.41, 5.74) is 0.839. The minimum atomic E-state index is -4.23. The van der Waals surface area contributed by atoms with Gasteiger partial charge in [-0.25, -0.2) is 21.9 Å². The van der Waals surface area contributed by atoms with Gasteiger partial charge in [0.25, 0.3) is 0 Å². The normalized spacial score (nSPS) is 13.0. The molecule has 0 radical (unpaired) electrons. The summed E-state index contributed by atoms with van der Waals surface area (Å²) in [6.45, 7) is -0.298. The molecule has 2 aromatic rings. The van der Waals surface area contributed by atoms with Crippen molar-refractivity contribution in [3.63, 3.8) is 0 Å². The fraction of sp³-hybridized carbons (Fsp3) is 0.200. The molecule has 0 aliphatic rings. The minimum Gasteiger partial charge on any atom is -0.391 e. The van der Waals surface area contributed by atoms with Crippen molar-refractivity contribution in [2.75, 3.05) is 6.54 Å². The Balaban J connectivity index is 2.02. The van der Waals surface area contributed by atoms with Crippen molar-refractivity contribution in [1.29, 1.82) is 0 Å². The molecule has 0 amide bonds. The van der Waals surface area contributed by atoms with Gasteiger partial charge in [-0.2, -0.15) is 0 Å². The lowest BCUT2D eigenvalue weighted by Gasteiger charge is -2.13. The van der Waals surface area contributed by atoms with Crippen LogP contribution in [-0.4, -0.2) is 26.2 Å². The first kappa shape index (κ1) is 16.5. The summed E-state index contributed by atoms with van der Waals surface area (Å²) in [6.07, 6.45) is -0.733. The number of aliphatic hydroxyl groups excluding tert-OH is 1. The average molecular weight is 327 g/mol. The maximum Gasteiger partial charge on any atom is 0.243 e. The number of hydrogen-bond donors (Lipinski definition) is 2. The van der Waals surface area contributed by atoms with Gasteiger partial charge in [0.2, 0.25) is 10.0 Å². The second-order valence-corrected chi connectivity index (χ2v) is 6.48. The number of nitrogens with one attached hydrogen (secondary N) is 1. The van der Waals surface area contributed by atoms with Gasteiger partial charge in [0, 0.05) is 6.54 Å². The lowest BCUT2D eigenvalue weighted by molar-refractivity contribution is 0.179. The molecule has 0 aliphatic heterocycles. The predicted molar refractivity (Wildman–Crippen MR) is 77.7 cm³/mol. The van der Waals surface area contributed by atoms with Crippen LogP contribution in [0.4, 0.5) is 8.78 Å². The van der Waals surface area contributed by atoms with Crippen LogP contribution in [0.1, 0.15) is 5.56 Å². The number of benzene rings is 2. The molecule has 4 nitrogen and oxygen atoms in total. The molecular weight excluding hydrogens is 312 g/mol. The third kappa shape index (κ3) is 4.09. The summed E-state index contributed by atoms with van der Waals surface area (Å²) in [4.78, 5) is -0.778. The average Bonchev–Trinajstić information content (AvgIpc) is 2.49. The predicted octanol–water partition coefficient (Wildman–Crippen LogP) is 1.85. The topological polar surface area (TPSA) is 66.4 Å². The third-order valence-electron chi connectivity index (χ3n) is 3.03. The standard InChI is InChI=1S/C15H15F2NO3S/c16-13-7-4-8-14(15(13)17)22(20,21)18-10-12(19)9-11-5-2-1-3-6-11/h1-8,12,18-19H,9-10H2. The molecule has 0 spiro atoms. The number of rotatable bonds is 6. The molecule has 7 heteroatoms. The van der Waals surface area contributed by atoms with Gasteiger partial charge in [0.15, 0.2) is 11.6 Å². The molecule has 0 fully saturated rings. The molecule has 22 heavy (non-hydrogen) atoms. The zero-order chi connectivity index (χ0) is 16.2. The SMILES string of the molecule is O=S(=O)(NCC(O)Cc1ccccc1)c1cccc(F)c1F. The molecule has 118 valence electrons. The summed E-state index contributed by atoms with van der Waals surface area (Å²) in [5, 5.41) is 9.84. The molecule has 0 aromatic heterocycles. The highest BCUT2D eigenvalue weighted by molar-refractivity contribution is 7.89. The Morgan fingerprint density at radius 2 is 1.73 bits per heavy atom. The molecule has 2 rings (SSSR count). The van der Waals surface area contributed by atoms with E-state index in [9.17, 15) is 22.3 Å². The highest BCUT2D eigenvalue weighted by Crippen LogP contribution is 2.16. The first-order valence-corrected chi connectivity index (χ1v) is 8.04. The van der Waals surface area contributed by atoms with Crippen molar-refractivity contribution in [2.24, 2.45) is 0 Å². The minimum absolute atomic E-state index is 0.245. The number of halogens is 2. The fourth-order valence-corrected chi connectivity index (χ4v) is 3.09. The van der Waals surface area contributed by atoms with E-state index in [1.54, 1.807) is 24.3 Å². The molecule has 1 atom stereocenters. The highest BCUT2D eigenvalue weighted by Gasteiger charge is 2.22. The van der Waals surface area contributed by atoms with Gasteiger partial charge in [-0.05, 0) is 24.1 Å². The highest BCUT2D eigenvalue weighted by atomic mass is 32.2. The summed E-state index contributed by atoms with van der Waals surface area (Å²) >= 11 is 0. The van der Waals surface area contributed by atoms with Crippen molar-refractivity contribution in [3.05, 3.63) is 65.7 Å². The van der Waals surface area contributed by atoms with Crippen molar-refractivity contribution in [3.8, 4) is 0 Å². The van der Waals surface area contributed by atoms with Gasteiger partial charge in [-0.1, -0.05) is 36.4 Å². The second kappa shape index (κ2) is 6.95. The van der Waals surface area contributed by atoms with Crippen LogP contribution in [0.15, 0.2) is 53.4 Å². The van der Waals surface area contributed by atoms with Crippen LogP contribution in [0.25, 0.3) is 0 Å². The van der Waals surface area contributed by atoms with Crippen LogP contribution >= 0.6 is 0 Å². The van der Waals surface area contributed by atoms with Crippen LogP contribution in [-0.2, 0) is 16.4 Å². The monoisotopic (exact) mass is 327 g/mol. The lowest BCUT2D eigenvalue weighted by Crippen LogP contribution is -2.33. The number of aliphatic hydroxyl groups is 1. The van der Waals surface area contributed by atoms with Gasteiger partial charge in [-0.15, -0.1) is 0 Å². The van der Waals surface area contributed by atoms with Crippen molar-refractivity contribution in [1.82, 2.24) is 4.72 Å². The Kier molecular flexibility index (Phi) is 5.23. The van der Waals surface area contributed by atoms with E-state index < -0.39 is 32.7 Å². The number of sulfonamides is 1. The van der Waals surface area contributed by atoms with E-state index in [2.05, 4.69) is 4.72 Å². The molecule has 2 aromatic carbocycles. The quantitative estimate of drug-likeness (QED) is 0.851. The van der Waals surface area contributed by atoms with E-state index in [-0.39, 0.29) is 13.0 Å². The molecule has 2 N–H and O–H groups in total. The maximum absolute atomic E-state index is 13.5. The van der Waals surface area contributed by atoms with E-state index in [1.807, 2.05) is 6.07 Å². The van der Waals surface area contributed by atoms with Crippen LogP contribution in [0.3, 0.4) is 0 Å². The van der Waals surface area contributed by atoms with E-state index >= 15 is 0 Å². The van der Waals surface area contributed by atoms with Crippen LogP contribution in [0, 0.1) is 11.6 Å². The summed E-state index contributed by atoms with van der Waals surface area (Å²) < 4.78 is 52.5. The van der Waals surface area contributed by atoms with Gasteiger partial charge in [0.05, 0.1) is 6.10 Å². The molecule has 0 heterocycles. The largest absolute Gasteiger partial charge is 0.391 e. The summed E-state index contributed by atoms with van der Waals surface area (Å²) in [5.74, 6) is -2.68. The Hall–Kier alpha value is -1.83. The lowest BCUT2D eigenvalue weighted by atomic mass is 10.1. The summed E-state index contributed by atoms with van der Waals surface area (Å²) in [7, 11) is -4.23. The van der Waals surface area contributed by atoms with Gasteiger partial charge in [-0.3, -0.25) is 0 Å².